The first-order valence-corrected chi connectivity index (χ1v) is 8.81. The maximum atomic E-state index is 12.6. The number of hydrogen-bond donors (Lipinski definition) is 2. The van der Waals surface area contributed by atoms with Crippen molar-refractivity contribution in [1.29, 1.82) is 0 Å². The second kappa shape index (κ2) is 6.41. The van der Waals surface area contributed by atoms with Crippen LogP contribution < -0.4 is 9.64 Å². The Labute approximate surface area is 146 Å². The number of aryl methyl sites for hydroxylation is 1. The molecule has 0 atom stereocenters. The molecule has 3 heterocycles. The third kappa shape index (κ3) is 3.07. The van der Waals surface area contributed by atoms with E-state index in [-0.39, 0.29) is 17.3 Å². The fourth-order valence-electron chi connectivity index (χ4n) is 3.61. The zero-order valence-electron chi connectivity index (χ0n) is 14.3. The lowest BCUT2D eigenvalue weighted by Gasteiger charge is -2.24. The minimum absolute atomic E-state index is 0.168. The van der Waals surface area contributed by atoms with E-state index in [0.29, 0.717) is 23.6 Å². The van der Waals surface area contributed by atoms with Gasteiger partial charge in [-0.15, -0.1) is 0 Å². The number of furan rings is 1. The number of carbonyl (C=O) groups excluding carboxylic acids is 1. The summed E-state index contributed by atoms with van der Waals surface area (Å²) >= 11 is 0. The number of phenolic OH excluding ortho intramolecular Hbond substituents is 1. The molecule has 2 N–H and O–H groups in total. The van der Waals surface area contributed by atoms with Crippen LogP contribution in [-0.2, 0) is 6.54 Å². The Morgan fingerprint density at radius 3 is 2.68 bits per heavy atom. The molecule has 1 fully saturated rings. The highest BCUT2D eigenvalue weighted by atomic mass is 16.5. The van der Waals surface area contributed by atoms with Gasteiger partial charge >= 0.3 is 0 Å². The van der Waals surface area contributed by atoms with Gasteiger partial charge in [-0.3, -0.25) is 4.79 Å². The zero-order chi connectivity index (χ0) is 17.4. The van der Waals surface area contributed by atoms with Gasteiger partial charge in [0.25, 0.3) is 0 Å². The lowest BCUT2D eigenvalue weighted by atomic mass is 10.0. The normalized spacial score (nSPS) is 19.2. The number of aromatic hydroxyl groups is 1. The first-order chi connectivity index (χ1) is 12.1. The van der Waals surface area contributed by atoms with E-state index in [2.05, 4.69) is 0 Å². The molecular formula is C20H22NO4+. The van der Waals surface area contributed by atoms with Crippen LogP contribution in [0.15, 0.2) is 34.4 Å². The maximum absolute atomic E-state index is 12.6. The lowest BCUT2D eigenvalue weighted by molar-refractivity contribution is -0.918. The standard InChI is InChI=1S/C20H21NO4/c1-13-5-6-14(24-13)11-18-19(23)15-7-8-17(22)16(20(15)25-18)12-21-9-3-2-4-10-21/h5-8,11,22H,2-4,9-10,12H2,1H3/p+1/b18-11+. The molecule has 1 saturated heterocycles. The van der Waals surface area contributed by atoms with Crippen LogP contribution in [0.1, 0.15) is 46.7 Å². The number of ketones is 1. The predicted molar refractivity (Wildman–Crippen MR) is 92.7 cm³/mol. The highest BCUT2D eigenvalue weighted by Gasteiger charge is 2.33. The summed E-state index contributed by atoms with van der Waals surface area (Å²) in [6, 6.07) is 6.88. The lowest BCUT2D eigenvalue weighted by Crippen LogP contribution is -3.11. The number of benzene rings is 1. The number of likely N-dealkylation sites (tertiary alicyclic amines) is 1. The quantitative estimate of drug-likeness (QED) is 0.843. The molecule has 0 bridgehead atoms. The van der Waals surface area contributed by atoms with Crippen molar-refractivity contribution in [3.63, 3.8) is 0 Å². The summed E-state index contributed by atoms with van der Waals surface area (Å²) in [5, 5.41) is 10.3. The minimum Gasteiger partial charge on any atom is -0.507 e. The molecule has 1 aromatic heterocycles. The number of Topliss-reactive ketones (excluding diaryl/α,β-unsaturated/α-hetero) is 1. The second-order valence-corrected chi connectivity index (χ2v) is 6.82. The van der Waals surface area contributed by atoms with Crippen LogP contribution >= 0.6 is 0 Å². The van der Waals surface area contributed by atoms with Crippen molar-refractivity contribution < 1.29 is 24.0 Å². The molecule has 5 nitrogen and oxygen atoms in total. The molecule has 0 amide bonds. The Kier molecular flexibility index (Phi) is 4.09. The smallest absolute Gasteiger partial charge is 0.232 e. The van der Waals surface area contributed by atoms with E-state index in [9.17, 15) is 9.90 Å². The SMILES string of the molecule is Cc1ccc(/C=C2/Oc3c(ccc(O)c3C[NH+]3CCCCC3)C2=O)o1. The van der Waals surface area contributed by atoms with Crippen LogP contribution in [0.3, 0.4) is 0 Å². The van der Waals surface area contributed by atoms with Crippen molar-refractivity contribution in [3.05, 3.63) is 52.7 Å². The van der Waals surface area contributed by atoms with Crippen molar-refractivity contribution in [2.75, 3.05) is 13.1 Å². The van der Waals surface area contributed by atoms with Gasteiger partial charge in [-0.1, -0.05) is 0 Å². The molecule has 4 rings (SSSR count). The summed E-state index contributed by atoms with van der Waals surface area (Å²) in [6.45, 7) is 4.71. The van der Waals surface area contributed by atoms with Crippen LogP contribution in [0.25, 0.3) is 6.08 Å². The number of ether oxygens (including phenoxy) is 1. The van der Waals surface area contributed by atoms with Gasteiger partial charge in [0.1, 0.15) is 23.8 Å². The van der Waals surface area contributed by atoms with Crippen molar-refractivity contribution in [2.45, 2.75) is 32.7 Å². The molecule has 0 radical (unpaired) electrons. The fourth-order valence-corrected chi connectivity index (χ4v) is 3.61. The molecule has 0 saturated carbocycles. The molecule has 0 spiro atoms. The van der Waals surface area contributed by atoms with E-state index < -0.39 is 0 Å². The first-order valence-electron chi connectivity index (χ1n) is 8.81. The van der Waals surface area contributed by atoms with Gasteiger partial charge in [0.15, 0.2) is 11.5 Å². The van der Waals surface area contributed by atoms with Gasteiger partial charge < -0.3 is 19.2 Å². The second-order valence-electron chi connectivity index (χ2n) is 6.82. The average molecular weight is 340 g/mol. The summed E-state index contributed by atoms with van der Waals surface area (Å²) < 4.78 is 11.4. The largest absolute Gasteiger partial charge is 0.507 e. The molecular weight excluding hydrogens is 318 g/mol. The fraction of sp³-hybridized carbons (Fsp3) is 0.350. The van der Waals surface area contributed by atoms with E-state index in [1.54, 1.807) is 24.3 Å². The summed E-state index contributed by atoms with van der Waals surface area (Å²) in [5.41, 5.74) is 1.24. The topological polar surface area (TPSA) is 64.1 Å². The highest BCUT2D eigenvalue weighted by Crippen LogP contribution is 2.39. The van der Waals surface area contributed by atoms with Crippen LogP contribution in [0, 0.1) is 6.92 Å². The van der Waals surface area contributed by atoms with Gasteiger partial charge in [-0.25, -0.2) is 0 Å². The van der Waals surface area contributed by atoms with E-state index in [0.717, 1.165) is 24.4 Å². The Bertz CT molecular complexity index is 843. The molecule has 25 heavy (non-hydrogen) atoms. The highest BCUT2D eigenvalue weighted by molar-refractivity contribution is 6.14. The summed E-state index contributed by atoms with van der Waals surface area (Å²) in [7, 11) is 0. The molecule has 0 unspecified atom stereocenters. The van der Waals surface area contributed by atoms with Gasteiger partial charge in [-0.2, -0.15) is 0 Å². The van der Waals surface area contributed by atoms with E-state index in [1.807, 2.05) is 13.0 Å². The van der Waals surface area contributed by atoms with E-state index in [1.165, 1.54) is 24.2 Å². The number of allylic oxidation sites excluding steroid dienone is 1. The van der Waals surface area contributed by atoms with Gasteiger partial charge in [0.05, 0.1) is 24.2 Å². The van der Waals surface area contributed by atoms with Gasteiger partial charge in [-0.05, 0) is 50.5 Å². The van der Waals surface area contributed by atoms with Crippen molar-refractivity contribution in [2.24, 2.45) is 0 Å². The van der Waals surface area contributed by atoms with E-state index >= 15 is 0 Å². The predicted octanol–water partition coefficient (Wildman–Crippen LogP) is 2.48. The third-order valence-corrected chi connectivity index (χ3v) is 4.94. The van der Waals surface area contributed by atoms with Crippen LogP contribution in [0.4, 0.5) is 0 Å². The number of quaternary nitrogens is 1. The van der Waals surface area contributed by atoms with Crippen molar-refractivity contribution >= 4 is 11.9 Å². The number of carbonyl (C=O) groups is 1. The van der Waals surface area contributed by atoms with Crippen molar-refractivity contribution in [1.82, 2.24) is 0 Å². The third-order valence-electron chi connectivity index (χ3n) is 4.94. The monoisotopic (exact) mass is 340 g/mol. The number of nitrogens with one attached hydrogen (secondary N) is 1. The Morgan fingerprint density at radius 1 is 1.16 bits per heavy atom. The minimum atomic E-state index is -0.168. The summed E-state index contributed by atoms with van der Waals surface area (Å²) in [4.78, 5) is 14.1. The number of hydrogen-bond acceptors (Lipinski definition) is 4. The van der Waals surface area contributed by atoms with Crippen LogP contribution in [-0.4, -0.2) is 24.0 Å². The van der Waals surface area contributed by atoms with E-state index in [4.69, 9.17) is 9.15 Å². The molecule has 2 aromatic rings. The average Bonchev–Trinajstić information content (AvgIpc) is 3.16. The molecule has 2 aliphatic rings. The van der Waals surface area contributed by atoms with Crippen LogP contribution in [0.5, 0.6) is 11.5 Å². The van der Waals surface area contributed by atoms with Crippen LogP contribution in [0.2, 0.25) is 0 Å². The summed E-state index contributed by atoms with van der Waals surface area (Å²) in [5.74, 6) is 2.13. The number of rotatable bonds is 3. The molecule has 1 aromatic carbocycles. The maximum Gasteiger partial charge on any atom is 0.232 e. The number of phenols is 1. The summed E-state index contributed by atoms with van der Waals surface area (Å²) in [6.07, 6.45) is 5.29. The van der Waals surface area contributed by atoms with Crippen molar-refractivity contribution in [3.8, 4) is 11.5 Å². The number of fused-ring (bicyclic) bond motifs is 1. The molecule has 2 aliphatic heterocycles. The Morgan fingerprint density at radius 2 is 1.96 bits per heavy atom. The van der Waals surface area contributed by atoms with Gasteiger partial charge in [0.2, 0.25) is 5.78 Å². The first kappa shape index (κ1) is 16.0. The Hall–Kier alpha value is -2.53. The molecule has 0 aliphatic carbocycles. The molecule has 5 heteroatoms. The Balaban J connectivity index is 1.65. The zero-order valence-corrected chi connectivity index (χ0v) is 14.3. The van der Waals surface area contributed by atoms with Gasteiger partial charge in [0, 0.05) is 6.08 Å². The molecule has 130 valence electrons. The number of piperidine rings is 1.